The lowest BCUT2D eigenvalue weighted by molar-refractivity contribution is -0.115. The molecule has 0 spiro atoms. The third-order valence-corrected chi connectivity index (χ3v) is 6.68. The van der Waals surface area contributed by atoms with Crippen molar-refractivity contribution in [1.82, 2.24) is 9.29 Å². The lowest BCUT2D eigenvalue weighted by atomic mass is 10.2. The molecule has 1 aromatic heterocycles. The van der Waals surface area contributed by atoms with E-state index in [4.69, 9.17) is 0 Å². The molecule has 4 rings (SSSR count). The summed E-state index contributed by atoms with van der Waals surface area (Å²) >= 11 is 0. The predicted molar refractivity (Wildman–Crippen MR) is 98.7 cm³/mol. The Hall–Kier alpha value is -2.96. The van der Waals surface area contributed by atoms with E-state index >= 15 is 0 Å². The number of sulfonamides is 1. The zero-order valence-corrected chi connectivity index (χ0v) is 15.2. The molecular formula is C18H17N5O3S. The molecule has 8 nitrogen and oxygen atoms in total. The number of aromatic nitrogens is 1. The van der Waals surface area contributed by atoms with Gasteiger partial charge >= 0.3 is 0 Å². The van der Waals surface area contributed by atoms with Crippen molar-refractivity contribution in [2.24, 2.45) is 0 Å². The van der Waals surface area contributed by atoms with Crippen molar-refractivity contribution in [2.45, 2.75) is 11.3 Å². The zero-order valence-electron chi connectivity index (χ0n) is 14.4. The number of benzene rings is 1. The number of piperazine rings is 1. The number of rotatable bonds is 3. The van der Waals surface area contributed by atoms with Gasteiger partial charge in [0.25, 0.3) is 0 Å². The summed E-state index contributed by atoms with van der Waals surface area (Å²) in [6.07, 6.45) is 1.82. The maximum absolute atomic E-state index is 13.0. The number of pyridine rings is 1. The average molecular weight is 383 g/mol. The maximum Gasteiger partial charge on any atom is 0.243 e. The number of hydrogen-bond acceptors (Lipinski definition) is 6. The normalized spacial score (nSPS) is 17.3. The summed E-state index contributed by atoms with van der Waals surface area (Å²) in [7, 11) is -3.64. The molecule has 2 aromatic rings. The van der Waals surface area contributed by atoms with Crippen LogP contribution in [0.4, 0.5) is 11.5 Å². The Labute approximate surface area is 157 Å². The van der Waals surface area contributed by atoms with E-state index in [9.17, 15) is 18.5 Å². The van der Waals surface area contributed by atoms with Crippen molar-refractivity contribution in [2.75, 3.05) is 36.4 Å². The highest BCUT2D eigenvalue weighted by Gasteiger charge is 2.31. The van der Waals surface area contributed by atoms with Gasteiger partial charge in [0, 0.05) is 38.1 Å². The molecule has 138 valence electrons. The van der Waals surface area contributed by atoms with Crippen LogP contribution in [0.1, 0.15) is 11.1 Å². The van der Waals surface area contributed by atoms with Crippen LogP contribution in [0.15, 0.2) is 41.4 Å². The second-order valence-corrected chi connectivity index (χ2v) is 8.36. The van der Waals surface area contributed by atoms with Gasteiger partial charge in [-0.25, -0.2) is 13.4 Å². The smallest absolute Gasteiger partial charge is 0.243 e. The number of nitrogens with zero attached hydrogens (tertiary/aromatic N) is 4. The largest absolute Gasteiger partial charge is 0.353 e. The van der Waals surface area contributed by atoms with E-state index in [0.717, 1.165) is 0 Å². The molecule has 0 aliphatic carbocycles. The molecule has 1 aromatic carbocycles. The quantitative estimate of drug-likeness (QED) is 0.846. The van der Waals surface area contributed by atoms with Gasteiger partial charge in [-0.15, -0.1) is 0 Å². The fraction of sp³-hybridized carbons (Fsp3) is 0.278. The number of carbonyl (C=O) groups is 1. The molecule has 2 aliphatic heterocycles. The van der Waals surface area contributed by atoms with Crippen LogP contribution in [-0.4, -0.2) is 49.8 Å². The topological polar surface area (TPSA) is 106 Å². The molecule has 0 bridgehead atoms. The van der Waals surface area contributed by atoms with Crippen LogP contribution in [0.5, 0.6) is 0 Å². The van der Waals surface area contributed by atoms with Crippen molar-refractivity contribution < 1.29 is 13.2 Å². The summed E-state index contributed by atoms with van der Waals surface area (Å²) in [4.78, 5) is 17.9. The lowest BCUT2D eigenvalue weighted by Gasteiger charge is -2.35. The SMILES string of the molecule is N#Cc1cccnc1N1CCN(S(=O)(=O)c2ccc3c(c2)CC(=O)N3)CC1. The van der Waals surface area contributed by atoms with Gasteiger partial charge in [-0.3, -0.25) is 4.79 Å². The van der Waals surface area contributed by atoms with Crippen molar-refractivity contribution in [3.63, 3.8) is 0 Å². The zero-order chi connectivity index (χ0) is 19.0. The highest BCUT2D eigenvalue weighted by molar-refractivity contribution is 7.89. The fourth-order valence-electron chi connectivity index (χ4n) is 3.39. The molecule has 0 unspecified atom stereocenters. The molecule has 0 radical (unpaired) electrons. The highest BCUT2D eigenvalue weighted by atomic mass is 32.2. The van der Waals surface area contributed by atoms with Crippen LogP contribution in [0, 0.1) is 11.3 Å². The first kappa shape index (κ1) is 17.5. The van der Waals surface area contributed by atoms with Gasteiger partial charge in [0.2, 0.25) is 15.9 Å². The molecule has 1 N–H and O–H groups in total. The van der Waals surface area contributed by atoms with E-state index in [1.54, 1.807) is 30.5 Å². The number of carbonyl (C=O) groups excluding carboxylic acids is 1. The monoisotopic (exact) mass is 383 g/mol. The predicted octanol–water partition coefficient (Wildman–Crippen LogP) is 0.959. The third kappa shape index (κ3) is 3.13. The van der Waals surface area contributed by atoms with Crippen molar-refractivity contribution >= 4 is 27.4 Å². The van der Waals surface area contributed by atoms with E-state index < -0.39 is 10.0 Å². The number of nitriles is 1. The summed E-state index contributed by atoms with van der Waals surface area (Å²) < 4.78 is 27.4. The van der Waals surface area contributed by atoms with E-state index in [-0.39, 0.29) is 17.2 Å². The van der Waals surface area contributed by atoms with E-state index in [0.29, 0.717) is 48.8 Å². The minimum absolute atomic E-state index is 0.128. The van der Waals surface area contributed by atoms with E-state index in [1.807, 2.05) is 4.90 Å². The molecule has 1 amide bonds. The first-order chi connectivity index (χ1) is 13.0. The van der Waals surface area contributed by atoms with Crippen LogP contribution in [0.2, 0.25) is 0 Å². The molecule has 2 aliphatic rings. The van der Waals surface area contributed by atoms with Crippen LogP contribution in [0.25, 0.3) is 0 Å². The number of nitrogens with one attached hydrogen (secondary N) is 1. The van der Waals surface area contributed by atoms with Gasteiger partial charge in [0.15, 0.2) is 0 Å². The number of amides is 1. The molecule has 3 heterocycles. The van der Waals surface area contributed by atoms with Crippen molar-refractivity contribution in [3.8, 4) is 6.07 Å². The fourth-order valence-corrected chi connectivity index (χ4v) is 4.87. The summed E-state index contributed by atoms with van der Waals surface area (Å²) in [6.45, 7) is 1.52. The molecular weight excluding hydrogens is 366 g/mol. The average Bonchev–Trinajstić information content (AvgIpc) is 3.07. The number of hydrogen-bond donors (Lipinski definition) is 1. The van der Waals surface area contributed by atoms with E-state index in [2.05, 4.69) is 16.4 Å². The second kappa shape index (κ2) is 6.64. The van der Waals surface area contributed by atoms with Crippen LogP contribution in [0.3, 0.4) is 0 Å². The molecule has 9 heteroatoms. The molecule has 0 saturated carbocycles. The molecule has 0 atom stereocenters. The summed E-state index contributed by atoms with van der Waals surface area (Å²) in [5, 5.41) is 11.9. The van der Waals surface area contributed by atoms with Gasteiger partial charge in [-0.2, -0.15) is 9.57 Å². The summed E-state index contributed by atoms with van der Waals surface area (Å²) in [5.41, 5.74) is 1.85. The molecule has 1 saturated heterocycles. The Balaban J connectivity index is 1.52. The van der Waals surface area contributed by atoms with Crippen LogP contribution >= 0.6 is 0 Å². The first-order valence-electron chi connectivity index (χ1n) is 8.52. The van der Waals surface area contributed by atoms with Gasteiger partial charge < -0.3 is 10.2 Å². The second-order valence-electron chi connectivity index (χ2n) is 6.42. The Morgan fingerprint density at radius 1 is 1.15 bits per heavy atom. The maximum atomic E-state index is 13.0. The van der Waals surface area contributed by atoms with Gasteiger partial charge in [-0.05, 0) is 35.9 Å². The third-order valence-electron chi connectivity index (χ3n) is 4.78. The van der Waals surface area contributed by atoms with Gasteiger partial charge in [0.1, 0.15) is 11.9 Å². The van der Waals surface area contributed by atoms with Crippen molar-refractivity contribution in [3.05, 3.63) is 47.7 Å². The van der Waals surface area contributed by atoms with Crippen molar-refractivity contribution in [1.29, 1.82) is 5.26 Å². The van der Waals surface area contributed by atoms with Crippen LogP contribution in [-0.2, 0) is 21.2 Å². The minimum atomic E-state index is -3.64. The molecule has 1 fully saturated rings. The van der Waals surface area contributed by atoms with Gasteiger partial charge in [0.05, 0.1) is 16.9 Å². The first-order valence-corrected chi connectivity index (χ1v) is 9.96. The minimum Gasteiger partial charge on any atom is -0.353 e. The summed E-state index contributed by atoms with van der Waals surface area (Å²) in [5.74, 6) is 0.455. The van der Waals surface area contributed by atoms with Gasteiger partial charge in [-0.1, -0.05) is 0 Å². The Morgan fingerprint density at radius 3 is 2.67 bits per heavy atom. The Kier molecular flexibility index (Phi) is 4.30. The van der Waals surface area contributed by atoms with Crippen LogP contribution < -0.4 is 10.2 Å². The van der Waals surface area contributed by atoms with E-state index in [1.165, 1.54) is 10.4 Å². The Morgan fingerprint density at radius 2 is 1.93 bits per heavy atom. The summed E-state index contributed by atoms with van der Waals surface area (Å²) in [6, 6.07) is 10.3. The Bertz CT molecular complexity index is 1050. The molecule has 27 heavy (non-hydrogen) atoms. The standard InChI is InChI=1S/C18H17N5O3S/c19-12-13-2-1-5-20-18(13)22-6-8-23(9-7-22)27(25,26)15-3-4-16-14(10-15)11-17(24)21-16/h1-5,10H,6-9,11H2,(H,21,24). The lowest BCUT2D eigenvalue weighted by Crippen LogP contribution is -2.49. The number of fused-ring (bicyclic) bond motifs is 1. The number of anilines is 2. The highest BCUT2D eigenvalue weighted by Crippen LogP contribution is 2.28.